The molecule has 1 aliphatic carbocycles. The van der Waals surface area contributed by atoms with Gasteiger partial charge in [-0.05, 0) is 43.9 Å². The Bertz CT molecular complexity index is 681. The fourth-order valence-electron chi connectivity index (χ4n) is 4.19. The summed E-state index contributed by atoms with van der Waals surface area (Å²) in [5.41, 5.74) is 4.01. The highest BCUT2D eigenvalue weighted by molar-refractivity contribution is 9.10. The third-order valence-corrected chi connectivity index (χ3v) is 5.78. The van der Waals surface area contributed by atoms with Gasteiger partial charge in [-0.2, -0.15) is 0 Å². The van der Waals surface area contributed by atoms with Gasteiger partial charge in [-0.1, -0.05) is 27.6 Å². The van der Waals surface area contributed by atoms with Crippen molar-refractivity contribution in [1.29, 1.82) is 0 Å². The zero-order valence-electron chi connectivity index (χ0n) is 12.3. The third kappa shape index (κ3) is 1.66. The van der Waals surface area contributed by atoms with Gasteiger partial charge in [-0.15, -0.1) is 0 Å². The lowest BCUT2D eigenvalue weighted by atomic mass is 9.83. The fourth-order valence-corrected chi connectivity index (χ4v) is 4.87. The van der Waals surface area contributed by atoms with Crippen LogP contribution in [0.3, 0.4) is 0 Å². The quantitative estimate of drug-likeness (QED) is 0.666. The molecule has 0 unspecified atom stereocenters. The Labute approximate surface area is 133 Å². The minimum Gasteiger partial charge on any atom is -0.353 e. The molecule has 0 fully saturated rings. The molecule has 0 saturated heterocycles. The Balaban J connectivity index is 1.92. The smallest absolute Gasteiger partial charge is 0.264 e. The summed E-state index contributed by atoms with van der Waals surface area (Å²) in [5, 5.41) is 0. The summed E-state index contributed by atoms with van der Waals surface area (Å²) in [6, 6.07) is 5.97. The minimum atomic E-state index is -0.827. The number of benzene rings is 1. The van der Waals surface area contributed by atoms with Crippen LogP contribution >= 0.6 is 15.9 Å². The molecule has 0 aromatic heterocycles. The van der Waals surface area contributed by atoms with E-state index in [0.29, 0.717) is 6.42 Å². The van der Waals surface area contributed by atoms with Crippen LogP contribution in [0.25, 0.3) is 0 Å². The van der Waals surface area contributed by atoms with Crippen molar-refractivity contribution in [3.05, 3.63) is 39.4 Å². The van der Waals surface area contributed by atoms with Crippen molar-refractivity contribution in [2.24, 2.45) is 0 Å². The molecular formula is C17H18BrNO2. The highest BCUT2D eigenvalue weighted by atomic mass is 79.9. The first kappa shape index (κ1) is 13.5. The molecule has 1 aromatic rings. The minimum absolute atomic E-state index is 0.0339. The highest BCUT2D eigenvalue weighted by Crippen LogP contribution is 2.54. The van der Waals surface area contributed by atoms with Crippen LogP contribution in [0.4, 0.5) is 5.69 Å². The summed E-state index contributed by atoms with van der Waals surface area (Å²) in [4.78, 5) is 14.7. The first-order chi connectivity index (χ1) is 10.0. The number of nitrogens with zero attached hydrogens (tertiary/aromatic N) is 1. The van der Waals surface area contributed by atoms with Gasteiger partial charge >= 0.3 is 0 Å². The van der Waals surface area contributed by atoms with Crippen LogP contribution < -0.4 is 4.90 Å². The van der Waals surface area contributed by atoms with Crippen LogP contribution in [0.5, 0.6) is 0 Å². The Kier molecular flexibility index (Phi) is 2.86. The summed E-state index contributed by atoms with van der Waals surface area (Å²) in [6.07, 6.45) is 4.18. The molecule has 21 heavy (non-hydrogen) atoms. The molecule has 1 amide bonds. The molecule has 4 rings (SSSR count). The number of anilines is 1. The predicted molar refractivity (Wildman–Crippen MR) is 85.3 cm³/mol. The second-order valence-electron chi connectivity index (χ2n) is 6.24. The molecule has 1 spiro atoms. The fraction of sp³-hybridized carbons (Fsp3) is 0.471. The average Bonchev–Trinajstić information content (AvgIpc) is 3.00. The molecule has 3 nitrogen and oxygen atoms in total. The van der Waals surface area contributed by atoms with E-state index in [1.807, 2.05) is 25.2 Å². The van der Waals surface area contributed by atoms with Crippen LogP contribution in [0.1, 0.15) is 38.2 Å². The van der Waals surface area contributed by atoms with Gasteiger partial charge in [0.05, 0.1) is 11.8 Å². The Hall–Kier alpha value is -1.13. The number of fused-ring (bicyclic) bond motifs is 2. The SMILES string of the molecule is C[C@H]1O[C@@]2(CC3=C1CCC3)C(=O)N(C)c1cccc(Br)c12. The molecule has 2 heterocycles. The Morgan fingerprint density at radius 1 is 1.38 bits per heavy atom. The number of ether oxygens (including phenoxy) is 1. The molecule has 3 aliphatic rings. The van der Waals surface area contributed by atoms with E-state index in [0.717, 1.165) is 28.6 Å². The van der Waals surface area contributed by atoms with E-state index in [1.165, 1.54) is 17.6 Å². The van der Waals surface area contributed by atoms with Gasteiger partial charge in [0.15, 0.2) is 5.60 Å². The van der Waals surface area contributed by atoms with Crippen molar-refractivity contribution < 1.29 is 9.53 Å². The molecule has 0 bridgehead atoms. The summed E-state index contributed by atoms with van der Waals surface area (Å²) in [5.74, 6) is 0.0645. The number of hydrogen-bond acceptors (Lipinski definition) is 2. The largest absolute Gasteiger partial charge is 0.353 e. The molecule has 2 atom stereocenters. The number of likely N-dealkylation sites (N-methyl/N-ethyl adjacent to an activating group) is 1. The summed E-state index contributed by atoms with van der Waals surface area (Å²) in [6.45, 7) is 2.09. The van der Waals surface area contributed by atoms with Crippen LogP contribution in [0, 0.1) is 0 Å². The van der Waals surface area contributed by atoms with E-state index >= 15 is 0 Å². The van der Waals surface area contributed by atoms with Crippen molar-refractivity contribution in [3.63, 3.8) is 0 Å². The molecule has 4 heteroatoms. The van der Waals surface area contributed by atoms with Gasteiger partial charge in [-0.25, -0.2) is 0 Å². The number of carbonyl (C=O) groups is 1. The Morgan fingerprint density at radius 2 is 2.19 bits per heavy atom. The number of hydrogen-bond donors (Lipinski definition) is 0. The van der Waals surface area contributed by atoms with E-state index in [4.69, 9.17) is 4.74 Å². The van der Waals surface area contributed by atoms with Gasteiger partial charge in [0, 0.05) is 23.5 Å². The second-order valence-corrected chi connectivity index (χ2v) is 7.10. The first-order valence-electron chi connectivity index (χ1n) is 7.50. The maximum atomic E-state index is 13.0. The second kappa shape index (κ2) is 4.43. The molecule has 0 saturated carbocycles. The van der Waals surface area contributed by atoms with Crippen LogP contribution in [0.2, 0.25) is 0 Å². The first-order valence-corrected chi connectivity index (χ1v) is 8.29. The van der Waals surface area contributed by atoms with E-state index in [-0.39, 0.29) is 12.0 Å². The van der Waals surface area contributed by atoms with E-state index in [1.54, 1.807) is 4.90 Å². The van der Waals surface area contributed by atoms with Gasteiger partial charge in [0.25, 0.3) is 5.91 Å². The van der Waals surface area contributed by atoms with Gasteiger partial charge in [0.2, 0.25) is 0 Å². The zero-order valence-corrected chi connectivity index (χ0v) is 13.9. The molecule has 0 N–H and O–H groups in total. The highest BCUT2D eigenvalue weighted by Gasteiger charge is 2.55. The van der Waals surface area contributed by atoms with E-state index < -0.39 is 5.60 Å². The zero-order chi connectivity index (χ0) is 14.8. The van der Waals surface area contributed by atoms with E-state index in [2.05, 4.69) is 22.9 Å². The number of carbonyl (C=O) groups excluding carboxylic acids is 1. The van der Waals surface area contributed by atoms with Gasteiger partial charge in [0.1, 0.15) is 0 Å². The van der Waals surface area contributed by atoms with Gasteiger partial charge in [-0.3, -0.25) is 4.79 Å². The maximum absolute atomic E-state index is 13.0. The van der Waals surface area contributed by atoms with Crippen LogP contribution in [-0.2, 0) is 15.1 Å². The topological polar surface area (TPSA) is 29.5 Å². The predicted octanol–water partition coefficient (Wildman–Crippen LogP) is 3.91. The van der Waals surface area contributed by atoms with Crippen molar-refractivity contribution in [1.82, 2.24) is 0 Å². The molecule has 110 valence electrons. The standard InChI is InChI=1S/C17H18BrNO2/c1-10-12-6-3-5-11(12)9-17(21-10)15-13(18)7-4-8-14(15)19(2)16(17)20/h4,7-8,10H,3,5-6,9H2,1-2H3/t10-,17-/m1/s1. The normalized spacial score (nSPS) is 31.1. The van der Waals surface area contributed by atoms with Crippen molar-refractivity contribution >= 4 is 27.5 Å². The molecule has 2 aliphatic heterocycles. The van der Waals surface area contributed by atoms with Crippen LogP contribution in [0.15, 0.2) is 33.8 Å². The number of rotatable bonds is 0. The summed E-state index contributed by atoms with van der Waals surface area (Å²) >= 11 is 3.63. The Morgan fingerprint density at radius 3 is 3.00 bits per heavy atom. The molecule has 0 radical (unpaired) electrons. The third-order valence-electron chi connectivity index (χ3n) is 5.12. The van der Waals surface area contributed by atoms with Crippen molar-refractivity contribution in [2.45, 2.75) is 44.3 Å². The monoisotopic (exact) mass is 347 g/mol. The average molecular weight is 348 g/mol. The lowest BCUT2D eigenvalue weighted by molar-refractivity contribution is -0.150. The van der Waals surface area contributed by atoms with Crippen molar-refractivity contribution in [3.8, 4) is 0 Å². The molecule has 1 aromatic carbocycles. The molecular weight excluding hydrogens is 330 g/mol. The van der Waals surface area contributed by atoms with Crippen LogP contribution in [-0.4, -0.2) is 19.1 Å². The van der Waals surface area contributed by atoms with Crippen molar-refractivity contribution in [2.75, 3.05) is 11.9 Å². The van der Waals surface area contributed by atoms with Gasteiger partial charge < -0.3 is 9.64 Å². The number of amides is 1. The summed E-state index contributed by atoms with van der Waals surface area (Å²) in [7, 11) is 1.84. The lowest BCUT2D eigenvalue weighted by Crippen LogP contribution is -2.46. The lowest BCUT2D eigenvalue weighted by Gasteiger charge is -2.37. The summed E-state index contributed by atoms with van der Waals surface area (Å²) < 4.78 is 7.32. The number of halogens is 1. The maximum Gasteiger partial charge on any atom is 0.264 e. The van der Waals surface area contributed by atoms with E-state index in [9.17, 15) is 4.79 Å².